The first-order valence-corrected chi connectivity index (χ1v) is 7.64. The largest absolute Gasteiger partial charge is 0.497 e. The van der Waals surface area contributed by atoms with E-state index in [2.05, 4.69) is 15.5 Å². The Balaban J connectivity index is 1.75. The highest BCUT2D eigenvalue weighted by molar-refractivity contribution is 6.03. The van der Waals surface area contributed by atoms with Crippen LogP contribution in [-0.4, -0.2) is 23.2 Å². The lowest BCUT2D eigenvalue weighted by Crippen LogP contribution is -2.07. The lowest BCUT2D eigenvalue weighted by molar-refractivity contribution is -0.111. The van der Waals surface area contributed by atoms with Gasteiger partial charge in [-0.25, -0.2) is 0 Å². The number of benzene rings is 2. The maximum absolute atomic E-state index is 12.2. The molecule has 5 nitrogen and oxygen atoms in total. The van der Waals surface area contributed by atoms with Gasteiger partial charge in [-0.2, -0.15) is 5.10 Å². The topological polar surface area (TPSA) is 67.0 Å². The molecule has 5 heteroatoms. The predicted molar refractivity (Wildman–Crippen MR) is 96.2 cm³/mol. The van der Waals surface area contributed by atoms with Gasteiger partial charge in [-0.1, -0.05) is 0 Å². The first-order valence-electron chi connectivity index (χ1n) is 7.64. The summed E-state index contributed by atoms with van der Waals surface area (Å²) in [4.78, 5) is 12.2. The molecule has 0 saturated carbocycles. The second-order valence-corrected chi connectivity index (χ2v) is 5.67. The molecule has 0 aliphatic carbocycles. The van der Waals surface area contributed by atoms with E-state index >= 15 is 0 Å². The van der Waals surface area contributed by atoms with E-state index in [-0.39, 0.29) is 5.91 Å². The molecule has 0 bridgehead atoms. The summed E-state index contributed by atoms with van der Waals surface area (Å²) in [6.07, 6.45) is 5.11. The molecule has 0 unspecified atom stereocenters. The third kappa shape index (κ3) is 3.30. The number of ether oxygens (including phenoxy) is 1. The molecule has 1 heterocycles. The molecular formula is C19H19N3O2. The van der Waals surface area contributed by atoms with Gasteiger partial charge in [0.05, 0.1) is 18.8 Å². The molecule has 0 atom stereocenters. The lowest BCUT2D eigenvalue weighted by Gasteiger charge is -2.09. The van der Waals surface area contributed by atoms with Gasteiger partial charge in [0.1, 0.15) is 5.75 Å². The first-order chi connectivity index (χ1) is 11.6. The Kier molecular flexibility index (Phi) is 4.33. The lowest BCUT2D eigenvalue weighted by atomic mass is 10.0. The average molecular weight is 321 g/mol. The summed E-state index contributed by atoms with van der Waals surface area (Å²) in [5.41, 5.74) is 4.77. The number of amides is 1. The van der Waals surface area contributed by atoms with Crippen molar-refractivity contribution in [3.63, 3.8) is 0 Å². The van der Waals surface area contributed by atoms with Crippen LogP contribution in [0.1, 0.15) is 16.7 Å². The van der Waals surface area contributed by atoms with E-state index in [1.807, 2.05) is 50.3 Å². The van der Waals surface area contributed by atoms with Gasteiger partial charge in [0.2, 0.25) is 5.91 Å². The molecule has 0 spiro atoms. The van der Waals surface area contributed by atoms with Crippen molar-refractivity contribution in [3.8, 4) is 5.75 Å². The molecule has 0 radical (unpaired) electrons. The number of carbonyl (C=O) groups excluding carboxylic acids is 1. The zero-order valence-corrected chi connectivity index (χ0v) is 13.9. The highest BCUT2D eigenvalue weighted by Crippen LogP contribution is 2.23. The van der Waals surface area contributed by atoms with Crippen molar-refractivity contribution in [2.24, 2.45) is 0 Å². The molecule has 1 aromatic heterocycles. The van der Waals surface area contributed by atoms with Gasteiger partial charge in [-0.05, 0) is 66.9 Å². The minimum absolute atomic E-state index is 0.177. The third-order valence-electron chi connectivity index (χ3n) is 3.91. The molecule has 1 amide bonds. The van der Waals surface area contributed by atoms with Crippen molar-refractivity contribution in [1.82, 2.24) is 10.2 Å². The number of aryl methyl sites for hydroxylation is 2. The molecular weight excluding hydrogens is 302 g/mol. The van der Waals surface area contributed by atoms with Crippen molar-refractivity contribution in [2.45, 2.75) is 13.8 Å². The van der Waals surface area contributed by atoms with Crippen molar-refractivity contribution < 1.29 is 9.53 Å². The van der Waals surface area contributed by atoms with E-state index in [1.165, 1.54) is 0 Å². The number of aromatic nitrogens is 2. The number of nitrogens with zero attached hydrogens (tertiary/aromatic N) is 1. The smallest absolute Gasteiger partial charge is 0.248 e. The van der Waals surface area contributed by atoms with Crippen molar-refractivity contribution in [2.75, 3.05) is 12.4 Å². The Labute approximate surface area is 140 Å². The standard InChI is InChI=1S/C19H19N3O2/c1-12-8-16(24-3)9-13(2)17(12)6-7-19(23)21-15-5-4-14-11-20-22-18(14)10-15/h4-11H,1-3H3,(H,20,22)(H,21,23)/b7-6+. The maximum atomic E-state index is 12.2. The van der Waals surface area contributed by atoms with E-state index in [9.17, 15) is 4.79 Å². The van der Waals surface area contributed by atoms with E-state index in [0.717, 1.165) is 39.0 Å². The molecule has 0 saturated heterocycles. The van der Waals surface area contributed by atoms with Gasteiger partial charge in [-0.3, -0.25) is 9.89 Å². The summed E-state index contributed by atoms with van der Waals surface area (Å²) in [5, 5.41) is 10.7. The number of H-pyrrole nitrogens is 1. The molecule has 3 rings (SSSR count). The first kappa shape index (κ1) is 15.8. The number of hydrogen-bond donors (Lipinski definition) is 2. The summed E-state index contributed by atoms with van der Waals surface area (Å²) in [6.45, 7) is 4.00. The number of anilines is 1. The minimum Gasteiger partial charge on any atom is -0.497 e. The van der Waals surface area contributed by atoms with Crippen LogP contribution >= 0.6 is 0 Å². The Bertz CT molecular complexity index is 902. The van der Waals surface area contributed by atoms with Gasteiger partial charge in [0, 0.05) is 17.1 Å². The van der Waals surface area contributed by atoms with Crippen LogP contribution in [0.15, 0.2) is 42.6 Å². The average Bonchev–Trinajstić information content (AvgIpc) is 3.01. The molecule has 0 aliphatic rings. The zero-order valence-electron chi connectivity index (χ0n) is 13.9. The number of aromatic amines is 1. The number of rotatable bonds is 4. The summed E-state index contributed by atoms with van der Waals surface area (Å²) in [5.74, 6) is 0.642. The number of methoxy groups -OCH3 is 1. The van der Waals surface area contributed by atoms with Crippen LogP contribution in [0.4, 0.5) is 5.69 Å². The minimum atomic E-state index is -0.177. The van der Waals surface area contributed by atoms with E-state index in [4.69, 9.17) is 4.74 Å². The van der Waals surface area contributed by atoms with Crippen LogP contribution in [0.2, 0.25) is 0 Å². The summed E-state index contributed by atoms with van der Waals surface area (Å²) in [6, 6.07) is 9.54. The Morgan fingerprint density at radius 1 is 1.21 bits per heavy atom. The number of fused-ring (bicyclic) bond motifs is 1. The Morgan fingerprint density at radius 3 is 2.67 bits per heavy atom. The highest BCUT2D eigenvalue weighted by Gasteiger charge is 2.05. The molecule has 122 valence electrons. The molecule has 2 aromatic carbocycles. The van der Waals surface area contributed by atoms with Crippen LogP contribution in [-0.2, 0) is 4.79 Å². The second kappa shape index (κ2) is 6.58. The van der Waals surface area contributed by atoms with Crippen molar-refractivity contribution >= 4 is 28.6 Å². The SMILES string of the molecule is COc1cc(C)c(/C=C/C(=O)Nc2ccc3cn[nH]c3c2)c(C)c1. The van der Waals surface area contributed by atoms with E-state index < -0.39 is 0 Å². The normalized spacial score (nSPS) is 11.1. The van der Waals surface area contributed by atoms with Crippen LogP contribution in [0.3, 0.4) is 0 Å². The van der Waals surface area contributed by atoms with Gasteiger partial charge in [0.15, 0.2) is 0 Å². The fraction of sp³-hybridized carbons (Fsp3) is 0.158. The number of carbonyl (C=O) groups is 1. The quantitative estimate of drug-likeness (QED) is 0.717. The third-order valence-corrected chi connectivity index (χ3v) is 3.91. The fourth-order valence-electron chi connectivity index (χ4n) is 2.67. The van der Waals surface area contributed by atoms with Crippen LogP contribution in [0, 0.1) is 13.8 Å². The van der Waals surface area contributed by atoms with E-state index in [0.29, 0.717) is 0 Å². The highest BCUT2D eigenvalue weighted by atomic mass is 16.5. The van der Waals surface area contributed by atoms with Crippen molar-refractivity contribution in [3.05, 3.63) is 59.3 Å². The second-order valence-electron chi connectivity index (χ2n) is 5.67. The van der Waals surface area contributed by atoms with Gasteiger partial charge in [-0.15, -0.1) is 0 Å². The van der Waals surface area contributed by atoms with E-state index in [1.54, 1.807) is 19.4 Å². The Hall–Kier alpha value is -3.08. The number of nitrogens with one attached hydrogen (secondary N) is 2. The van der Waals surface area contributed by atoms with Crippen molar-refractivity contribution in [1.29, 1.82) is 0 Å². The summed E-state index contributed by atoms with van der Waals surface area (Å²) < 4.78 is 5.25. The van der Waals surface area contributed by atoms with Gasteiger partial charge < -0.3 is 10.1 Å². The van der Waals surface area contributed by atoms with Crippen LogP contribution < -0.4 is 10.1 Å². The molecule has 3 aromatic rings. The molecule has 24 heavy (non-hydrogen) atoms. The molecule has 2 N–H and O–H groups in total. The fourth-order valence-corrected chi connectivity index (χ4v) is 2.67. The van der Waals surface area contributed by atoms with Gasteiger partial charge in [0.25, 0.3) is 0 Å². The monoisotopic (exact) mass is 321 g/mol. The summed E-state index contributed by atoms with van der Waals surface area (Å²) in [7, 11) is 1.65. The van der Waals surface area contributed by atoms with Gasteiger partial charge >= 0.3 is 0 Å². The zero-order chi connectivity index (χ0) is 17.1. The Morgan fingerprint density at radius 2 is 1.96 bits per heavy atom. The maximum Gasteiger partial charge on any atom is 0.248 e. The molecule has 0 aliphatic heterocycles. The van der Waals surface area contributed by atoms with Crippen LogP contribution in [0.25, 0.3) is 17.0 Å². The van der Waals surface area contributed by atoms with Crippen LogP contribution in [0.5, 0.6) is 5.75 Å². The predicted octanol–water partition coefficient (Wildman–Crippen LogP) is 3.84. The number of hydrogen-bond acceptors (Lipinski definition) is 3. The summed E-state index contributed by atoms with van der Waals surface area (Å²) >= 11 is 0. The molecule has 0 fully saturated rings.